The normalized spacial score (nSPS) is 16.4. The van der Waals surface area contributed by atoms with Crippen LogP contribution in [-0.2, 0) is 12.8 Å². The summed E-state index contributed by atoms with van der Waals surface area (Å²) >= 11 is 12.2. The van der Waals surface area contributed by atoms with Gasteiger partial charge >= 0.3 is 0 Å². The van der Waals surface area contributed by atoms with Crippen LogP contribution >= 0.6 is 23.2 Å². The van der Waals surface area contributed by atoms with Gasteiger partial charge in [0, 0.05) is 10.6 Å². The molecule has 0 aliphatic heterocycles. The molecule has 0 saturated heterocycles. The van der Waals surface area contributed by atoms with Gasteiger partial charge in [-0.2, -0.15) is 10.2 Å². The van der Waals surface area contributed by atoms with Crippen molar-refractivity contribution < 1.29 is 0 Å². The SMILES string of the molecule is CC1(C)Cc2cc(-c3cc(Cl)ccc3Cl)nnc2C1. The Morgan fingerprint density at radius 3 is 2.63 bits per heavy atom. The highest BCUT2D eigenvalue weighted by Gasteiger charge is 2.30. The summed E-state index contributed by atoms with van der Waals surface area (Å²) in [6.45, 7) is 4.50. The molecule has 0 spiro atoms. The molecule has 4 heteroatoms. The Bertz CT molecular complexity index is 651. The highest BCUT2D eigenvalue weighted by atomic mass is 35.5. The molecule has 19 heavy (non-hydrogen) atoms. The lowest BCUT2D eigenvalue weighted by atomic mass is 9.90. The van der Waals surface area contributed by atoms with Crippen LogP contribution in [0.4, 0.5) is 0 Å². The molecular weight excluding hydrogens is 279 g/mol. The lowest BCUT2D eigenvalue weighted by Gasteiger charge is -2.14. The zero-order valence-electron chi connectivity index (χ0n) is 10.9. The van der Waals surface area contributed by atoms with E-state index in [2.05, 4.69) is 30.1 Å². The van der Waals surface area contributed by atoms with Crippen LogP contribution in [0.2, 0.25) is 10.0 Å². The number of hydrogen-bond acceptors (Lipinski definition) is 2. The third-order valence-electron chi connectivity index (χ3n) is 3.48. The van der Waals surface area contributed by atoms with Crippen molar-refractivity contribution >= 4 is 23.2 Å². The topological polar surface area (TPSA) is 25.8 Å². The predicted octanol–water partition coefficient (Wildman–Crippen LogP) is 4.58. The van der Waals surface area contributed by atoms with Gasteiger partial charge in [-0.1, -0.05) is 37.0 Å². The number of hydrogen-bond donors (Lipinski definition) is 0. The van der Waals surface area contributed by atoms with Gasteiger partial charge in [0.15, 0.2) is 0 Å². The van der Waals surface area contributed by atoms with Gasteiger partial charge < -0.3 is 0 Å². The van der Waals surface area contributed by atoms with Crippen LogP contribution in [0.15, 0.2) is 24.3 Å². The first-order valence-corrected chi connectivity index (χ1v) is 7.01. The summed E-state index contributed by atoms with van der Waals surface area (Å²) in [4.78, 5) is 0. The lowest BCUT2D eigenvalue weighted by molar-refractivity contribution is 0.390. The fraction of sp³-hybridized carbons (Fsp3) is 0.333. The largest absolute Gasteiger partial charge is 0.155 e. The first-order valence-electron chi connectivity index (χ1n) is 6.25. The van der Waals surface area contributed by atoms with Gasteiger partial charge in [-0.3, -0.25) is 0 Å². The number of benzene rings is 1. The number of aromatic nitrogens is 2. The summed E-state index contributed by atoms with van der Waals surface area (Å²) in [6, 6.07) is 7.49. The van der Waals surface area contributed by atoms with E-state index in [1.54, 1.807) is 12.1 Å². The van der Waals surface area contributed by atoms with E-state index >= 15 is 0 Å². The van der Waals surface area contributed by atoms with Crippen LogP contribution in [0.25, 0.3) is 11.3 Å². The van der Waals surface area contributed by atoms with Gasteiger partial charge in [0.1, 0.15) is 0 Å². The Morgan fingerprint density at radius 2 is 1.84 bits per heavy atom. The molecular formula is C15H14Cl2N2. The standard InChI is InChI=1S/C15H14Cl2N2/c1-15(2)7-9-5-13(18-19-14(9)8-15)11-6-10(16)3-4-12(11)17/h3-6H,7-8H2,1-2H3. The van der Waals surface area contributed by atoms with Crippen molar-refractivity contribution in [3.8, 4) is 11.3 Å². The average Bonchev–Trinajstić information content (AvgIpc) is 2.65. The highest BCUT2D eigenvalue weighted by Crippen LogP contribution is 2.37. The third-order valence-corrected chi connectivity index (χ3v) is 4.04. The van der Waals surface area contributed by atoms with Gasteiger partial charge in [0.05, 0.1) is 16.4 Å². The van der Waals surface area contributed by atoms with Gasteiger partial charge in [-0.25, -0.2) is 0 Å². The third kappa shape index (κ3) is 2.47. The van der Waals surface area contributed by atoms with Crippen LogP contribution in [0.1, 0.15) is 25.1 Å². The van der Waals surface area contributed by atoms with E-state index in [1.807, 2.05) is 6.07 Å². The molecule has 2 aromatic rings. The maximum absolute atomic E-state index is 6.21. The minimum absolute atomic E-state index is 0.272. The van der Waals surface area contributed by atoms with E-state index in [0.717, 1.165) is 29.8 Å². The quantitative estimate of drug-likeness (QED) is 0.769. The molecule has 98 valence electrons. The number of fused-ring (bicyclic) bond motifs is 1. The Labute approximate surface area is 122 Å². The first kappa shape index (κ1) is 12.9. The molecule has 1 heterocycles. The highest BCUT2D eigenvalue weighted by molar-refractivity contribution is 6.35. The van der Waals surface area contributed by atoms with Crippen LogP contribution in [0.3, 0.4) is 0 Å². The van der Waals surface area contributed by atoms with E-state index in [1.165, 1.54) is 5.56 Å². The summed E-state index contributed by atoms with van der Waals surface area (Å²) < 4.78 is 0. The Balaban J connectivity index is 2.07. The van der Waals surface area contributed by atoms with E-state index in [-0.39, 0.29) is 5.41 Å². The summed E-state index contributed by atoms with van der Waals surface area (Å²) in [7, 11) is 0. The monoisotopic (exact) mass is 292 g/mol. The second-order valence-electron chi connectivity index (χ2n) is 5.84. The smallest absolute Gasteiger partial charge is 0.0948 e. The van der Waals surface area contributed by atoms with Crippen molar-refractivity contribution in [2.24, 2.45) is 5.41 Å². The fourth-order valence-electron chi connectivity index (χ4n) is 2.61. The summed E-state index contributed by atoms with van der Waals surface area (Å²) in [6.07, 6.45) is 2.02. The second-order valence-corrected chi connectivity index (χ2v) is 6.69. The molecule has 1 aromatic heterocycles. The lowest BCUT2D eigenvalue weighted by Crippen LogP contribution is -2.09. The molecule has 1 aliphatic rings. The van der Waals surface area contributed by atoms with E-state index < -0.39 is 0 Å². The molecule has 0 bridgehead atoms. The minimum Gasteiger partial charge on any atom is -0.155 e. The van der Waals surface area contributed by atoms with Crippen LogP contribution < -0.4 is 0 Å². The zero-order chi connectivity index (χ0) is 13.6. The van der Waals surface area contributed by atoms with Gasteiger partial charge in [0.2, 0.25) is 0 Å². The fourth-order valence-corrected chi connectivity index (χ4v) is 3.00. The van der Waals surface area contributed by atoms with Crippen molar-refractivity contribution in [2.45, 2.75) is 26.7 Å². The summed E-state index contributed by atoms with van der Waals surface area (Å²) in [5.74, 6) is 0. The molecule has 0 amide bonds. The van der Waals surface area contributed by atoms with Crippen molar-refractivity contribution in [1.82, 2.24) is 10.2 Å². The maximum Gasteiger partial charge on any atom is 0.0948 e. The summed E-state index contributed by atoms with van der Waals surface area (Å²) in [5.41, 5.74) is 4.28. The van der Waals surface area contributed by atoms with E-state index in [0.29, 0.717) is 10.0 Å². The first-order chi connectivity index (χ1) is 8.94. The molecule has 0 radical (unpaired) electrons. The maximum atomic E-state index is 6.21. The molecule has 0 fully saturated rings. The predicted molar refractivity (Wildman–Crippen MR) is 78.7 cm³/mol. The number of rotatable bonds is 1. The van der Waals surface area contributed by atoms with Crippen molar-refractivity contribution in [3.05, 3.63) is 45.6 Å². The number of nitrogens with zero attached hydrogens (tertiary/aromatic N) is 2. The molecule has 0 atom stereocenters. The van der Waals surface area contributed by atoms with Crippen molar-refractivity contribution in [2.75, 3.05) is 0 Å². The average molecular weight is 293 g/mol. The Kier molecular flexibility index (Phi) is 3.03. The Hall–Kier alpha value is -1.12. The minimum atomic E-state index is 0.272. The van der Waals surface area contributed by atoms with Crippen molar-refractivity contribution in [1.29, 1.82) is 0 Å². The molecule has 0 N–H and O–H groups in total. The molecule has 1 aromatic carbocycles. The van der Waals surface area contributed by atoms with Crippen LogP contribution in [0, 0.1) is 5.41 Å². The van der Waals surface area contributed by atoms with Crippen molar-refractivity contribution in [3.63, 3.8) is 0 Å². The zero-order valence-corrected chi connectivity index (χ0v) is 12.4. The summed E-state index contributed by atoms with van der Waals surface area (Å²) in [5, 5.41) is 9.95. The van der Waals surface area contributed by atoms with E-state index in [4.69, 9.17) is 23.2 Å². The van der Waals surface area contributed by atoms with Crippen LogP contribution in [0.5, 0.6) is 0 Å². The molecule has 2 nitrogen and oxygen atoms in total. The number of halogens is 2. The molecule has 3 rings (SSSR count). The van der Waals surface area contributed by atoms with Gasteiger partial charge in [-0.15, -0.1) is 0 Å². The molecule has 0 unspecified atom stereocenters. The van der Waals surface area contributed by atoms with Crippen LogP contribution in [-0.4, -0.2) is 10.2 Å². The molecule has 1 aliphatic carbocycles. The second kappa shape index (κ2) is 4.46. The Morgan fingerprint density at radius 1 is 1.05 bits per heavy atom. The molecule has 0 saturated carbocycles. The van der Waals surface area contributed by atoms with Gasteiger partial charge in [0.25, 0.3) is 0 Å². The van der Waals surface area contributed by atoms with E-state index in [9.17, 15) is 0 Å². The van der Waals surface area contributed by atoms with Gasteiger partial charge in [-0.05, 0) is 48.1 Å².